The van der Waals surface area contributed by atoms with Crippen molar-refractivity contribution < 1.29 is 9.21 Å². The van der Waals surface area contributed by atoms with Crippen LogP contribution < -0.4 is 10.6 Å². The molecule has 2 heterocycles. The van der Waals surface area contributed by atoms with E-state index in [-0.39, 0.29) is 11.9 Å². The van der Waals surface area contributed by atoms with Gasteiger partial charge in [-0.15, -0.1) is 0 Å². The molecule has 27 heavy (non-hydrogen) atoms. The lowest BCUT2D eigenvalue weighted by atomic mass is 10.1. The van der Waals surface area contributed by atoms with Crippen LogP contribution in [0.2, 0.25) is 0 Å². The number of carbonyl (C=O) groups excluding carboxylic acids is 1. The molecule has 1 aliphatic rings. The summed E-state index contributed by atoms with van der Waals surface area (Å²) < 4.78 is 5.83. The standard InChI is InChI=1S/C20H27N5O2/c1-4-19(26)25-10-9-16(13-25)24-20(21-3)23-12-18-22-11-17(27-18)15-7-5-14(2)6-8-15/h5-8,11,16H,4,9-10,12-13H2,1-3H3,(H2,21,23,24). The number of aromatic nitrogens is 1. The SMILES string of the molecule is CCC(=O)N1CCC(NC(=NC)NCc2ncc(-c3ccc(C)cc3)o2)C1. The zero-order valence-corrected chi connectivity index (χ0v) is 16.2. The van der Waals surface area contributed by atoms with Crippen LogP contribution in [0.4, 0.5) is 0 Å². The number of carbonyl (C=O) groups is 1. The molecule has 1 aliphatic heterocycles. The highest BCUT2D eigenvalue weighted by molar-refractivity contribution is 5.80. The molecule has 0 bridgehead atoms. The maximum Gasteiger partial charge on any atom is 0.222 e. The van der Waals surface area contributed by atoms with Crippen molar-refractivity contribution >= 4 is 11.9 Å². The van der Waals surface area contributed by atoms with Crippen molar-refractivity contribution in [2.24, 2.45) is 4.99 Å². The highest BCUT2D eigenvalue weighted by atomic mass is 16.4. The fourth-order valence-corrected chi connectivity index (χ4v) is 3.12. The van der Waals surface area contributed by atoms with Crippen molar-refractivity contribution in [1.82, 2.24) is 20.5 Å². The number of likely N-dealkylation sites (tertiary alicyclic amines) is 1. The summed E-state index contributed by atoms with van der Waals surface area (Å²) in [7, 11) is 1.73. The van der Waals surface area contributed by atoms with E-state index in [9.17, 15) is 4.79 Å². The first-order valence-electron chi connectivity index (χ1n) is 9.35. The molecule has 7 heteroatoms. The van der Waals surface area contributed by atoms with Gasteiger partial charge in [0, 0.05) is 38.2 Å². The molecule has 1 amide bonds. The van der Waals surface area contributed by atoms with Gasteiger partial charge in [0.25, 0.3) is 0 Å². The van der Waals surface area contributed by atoms with Gasteiger partial charge in [-0.2, -0.15) is 0 Å². The van der Waals surface area contributed by atoms with Gasteiger partial charge in [0.2, 0.25) is 11.8 Å². The Morgan fingerprint density at radius 3 is 2.85 bits per heavy atom. The average Bonchev–Trinajstić information content (AvgIpc) is 3.34. The number of nitrogens with one attached hydrogen (secondary N) is 2. The van der Waals surface area contributed by atoms with E-state index >= 15 is 0 Å². The van der Waals surface area contributed by atoms with E-state index in [0.29, 0.717) is 31.4 Å². The molecule has 1 atom stereocenters. The van der Waals surface area contributed by atoms with Gasteiger partial charge in [-0.3, -0.25) is 9.79 Å². The highest BCUT2D eigenvalue weighted by Gasteiger charge is 2.25. The Balaban J connectivity index is 1.52. The number of aryl methyl sites for hydroxylation is 1. The minimum absolute atomic E-state index is 0.200. The summed E-state index contributed by atoms with van der Waals surface area (Å²) in [6.45, 7) is 5.89. The van der Waals surface area contributed by atoms with Gasteiger partial charge in [-0.25, -0.2) is 4.98 Å². The van der Waals surface area contributed by atoms with E-state index in [0.717, 1.165) is 24.3 Å². The molecule has 0 spiro atoms. The number of hydrogen-bond donors (Lipinski definition) is 2. The fourth-order valence-electron chi connectivity index (χ4n) is 3.12. The number of benzene rings is 1. The molecule has 7 nitrogen and oxygen atoms in total. The number of rotatable bonds is 5. The molecule has 3 rings (SSSR count). The summed E-state index contributed by atoms with van der Waals surface area (Å²) in [5, 5.41) is 6.59. The smallest absolute Gasteiger partial charge is 0.222 e. The first-order valence-corrected chi connectivity index (χ1v) is 9.35. The fraction of sp³-hybridized carbons (Fsp3) is 0.450. The summed E-state index contributed by atoms with van der Waals surface area (Å²) in [6.07, 6.45) is 3.21. The lowest BCUT2D eigenvalue weighted by Crippen LogP contribution is -2.44. The number of hydrogen-bond acceptors (Lipinski definition) is 4. The first-order chi connectivity index (χ1) is 13.1. The zero-order valence-electron chi connectivity index (χ0n) is 16.2. The molecule has 1 saturated heterocycles. The Morgan fingerprint density at radius 2 is 2.15 bits per heavy atom. The Hall–Kier alpha value is -2.83. The summed E-state index contributed by atoms with van der Waals surface area (Å²) in [4.78, 5) is 22.3. The topological polar surface area (TPSA) is 82.8 Å². The largest absolute Gasteiger partial charge is 0.439 e. The predicted octanol–water partition coefficient (Wildman–Crippen LogP) is 2.33. The summed E-state index contributed by atoms with van der Waals surface area (Å²) in [5.41, 5.74) is 2.22. The van der Waals surface area contributed by atoms with Crippen molar-refractivity contribution in [3.63, 3.8) is 0 Å². The highest BCUT2D eigenvalue weighted by Crippen LogP contribution is 2.20. The number of amides is 1. The van der Waals surface area contributed by atoms with Crippen LogP contribution >= 0.6 is 0 Å². The number of aliphatic imine (C=N–C) groups is 1. The van der Waals surface area contributed by atoms with Crippen molar-refractivity contribution in [1.29, 1.82) is 0 Å². The minimum atomic E-state index is 0.200. The summed E-state index contributed by atoms with van der Waals surface area (Å²) in [6, 6.07) is 8.36. The third-order valence-electron chi connectivity index (χ3n) is 4.70. The van der Waals surface area contributed by atoms with E-state index in [4.69, 9.17) is 4.42 Å². The third-order valence-corrected chi connectivity index (χ3v) is 4.70. The van der Waals surface area contributed by atoms with Crippen molar-refractivity contribution in [2.75, 3.05) is 20.1 Å². The van der Waals surface area contributed by atoms with Crippen molar-refractivity contribution in [2.45, 2.75) is 39.3 Å². The molecular weight excluding hydrogens is 342 g/mol. The lowest BCUT2D eigenvalue weighted by molar-refractivity contribution is -0.129. The van der Waals surface area contributed by atoms with Crippen LogP contribution in [0.25, 0.3) is 11.3 Å². The van der Waals surface area contributed by atoms with Gasteiger partial charge in [0.05, 0.1) is 12.7 Å². The molecule has 1 aromatic carbocycles. The second kappa shape index (κ2) is 8.70. The van der Waals surface area contributed by atoms with Crippen LogP contribution in [-0.2, 0) is 11.3 Å². The summed E-state index contributed by atoms with van der Waals surface area (Å²) >= 11 is 0. The lowest BCUT2D eigenvalue weighted by Gasteiger charge is -2.18. The van der Waals surface area contributed by atoms with Crippen LogP contribution in [0.15, 0.2) is 39.9 Å². The van der Waals surface area contributed by atoms with Gasteiger partial charge in [-0.1, -0.05) is 36.8 Å². The van der Waals surface area contributed by atoms with Gasteiger partial charge >= 0.3 is 0 Å². The third kappa shape index (κ3) is 4.87. The van der Waals surface area contributed by atoms with Crippen LogP contribution in [0, 0.1) is 6.92 Å². The number of oxazole rings is 1. The monoisotopic (exact) mass is 369 g/mol. The molecule has 0 aliphatic carbocycles. The first kappa shape index (κ1) is 18.9. The minimum Gasteiger partial charge on any atom is -0.439 e. The molecular formula is C20H27N5O2. The summed E-state index contributed by atoms with van der Waals surface area (Å²) in [5.74, 6) is 2.23. The molecule has 0 radical (unpaired) electrons. The van der Waals surface area contributed by atoms with Gasteiger partial charge in [0.1, 0.15) is 0 Å². The molecule has 2 aromatic rings. The van der Waals surface area contributed by atoms with Crippen molar-refractivity contribution in [3.05, 3.63) is 41.9 Å². The average molecular weight is 369 g/mol. The van der Waals surface area contributed by atoms with Crippen LogP contribution in [0.3, 0.4) is 0 Å². The quantitative estimate of drug-likeness (QED) is 0.624. The van der Waals surface area contributed by atoms with E-state index in [1.54, 1.807) is 13.2 Å². The molecule has 144 valence electrons. The maximum atomic E-state index is 11.8. The van der Waals surface area contributed by atoms with E-state index in [2.05, 4.69) is 39.7 Å². The molecule has 1 aromatic heterocycles. The number of guanidine groups is 1. The van der Waals surface area contributed by atoms with E-state index < -0.39 is 0 Å². The van der Waals surface area contributed by atoms with E-state index in [1.165, 1.54) is 5.56 Å². The maximum absolute atomic E-state index is 11.8. The Morgan fingerprint density at radius 1 is 1.37 bits per heavy atom. The van der Waals surface area contributed by atoms with Gasteiger partial charge in [-0.05, 0) is 13.3 Å². The van der Waals surface area contributed by atoms with Crippen LogP contribution in [0.1, 0.15) is 31.2 Å². The molecule has 1 fully saturated rings. The Kier molecular flexibility index (Phi) is 6.11. The van der Waals surface area contributed by atoms with Crippen LogP contribution in [0.5, 0.6) is 0 Å². The molecule has 1 unspecified atom stereocenters. The predicted molar refractivity (Wildman–Crippen MR) is 105 cm³/mol. The number of nitrogens with zero attached hydrogens (tertiary/aromatic N) is 3. The Labute approximate surface area is 159 Å². The van der Waals surface area contributed by atoms with Crippen molar-refractivity contribution in [3.8, 4) is 11.3 Å². The van der Waals surface area contributed by atoms with Gasteiger partial charge in [0.15, 0.2) is 11.7 Å². The second-order valence-electron chi connectivity index (χ2n) is 6.73. The van der Waals surface area contributed by atoms with Crippen LogP contribution in [-0.4, -0.2) is 47.9 Å². The van der Waals surface area contributed by atoms with Gasteiger partial charge < -0.3 is 20.0 Å². The molecule has 2 N–H and O–H groups in total. The Bertz CT molecular complexity index is 797. The molecule has 0 saturated carbocycles. The van der Waals surface area contributed by atoms with E-state index in [1.807, 2.05) is 24.0 Å². The second-order valence-corrected chi connectivity index (χ2v) is 6.73. The zero-order chi connectivity index (χ0) is 19.2. The normalized spacial score (nSPS) is 17.2.